The molecule has 3 rings (SSSR count). The Balaban J connectivity index is 1.81. The molecular formula is C17H24N2S. The van der Waals surface area contributed by atoms with Gasteiger partial charge in [0.25, 0.3) is 0 Å². The molecule has 108 valence electrons. The van der Waals surface area contributed by atoms with Gasteiger partial charge >= 0.3 is 0 Å². The smallest absolute Gasteiger partial charge is 0.0483 e. The molecule has 1 saturated carbocycles. The van der Waals surface area contributed by atoms with E-state index < -0.39 is 0 Å². The number of aryl methyl sites for hydroxylation is 2. The van der Waals surface area contributed by atoms with Gasteiger partial charge in [0.15, 0.2) is 0 Å². The van der Waals surface area contributed by atoms with E-state index >= 15 is 0 Å². The molecule has 0 saturated heterocycles. The van der Waals surface area contributed by atoms with Crippen LogP contribution >= 0.6 is 11.8 Å². The fourth-order valence-electron chi connectivity index (χ4n) is 3.56. The van der Waals surface area contributed by atoms with Crippen LogP contribution in [-0.2, 0) is 13.6 Å². The zero-order valence-electron chi connectivity index (χ0n) is 12.6. The second-order valence-electron chi connectivity index (χ2n) is 5.84. The summed E-state index contributed by atoms with van der Waals surface area (Å²) in [5, 5.41) is 5.98. The minimum atomic E-state index is 0.683. The molecule has 3 heteroatoms. The van der Waals surface area contributed by atoms with E-state index in [0.29, 0.717) is 6.04 Å². The quantitative estimate of drug-likeness (QED) is 0.920. The van der Waals surface area contributed by atoms with Crippen molar-refractivity contribution in [2.75, 3.05) is 6.26 Å². The van der Waals surface area contributed by atoms with Crippen LogP contribution in [-0.4, -0.2) is 22.1 Å². The zero-order valence-corrected chi connectivity index (χ0v) is 13.5. The third kappa shape index (κ3) is 2.38. The number of benzene rings is 1. The molecule has 1 N–H and O–H groups in total. The topological polar surface area (TPSA) is 17.0 Å². The standard InChI is InChI=1S/C17H24N2S/c1-12-13-7-4-5-9-15(13)19(2)16(12)11-18-14-8-6-10-17(14)20-3/h4-5,7,9,14,17-18H,6,8,10-11H2,1-3H3. The fraction of sp³-hybridized carbons (Fsp3) is 0.529. The summed E-state index contributed by atoms with van der Waals surface area (Å²) in [6, 6.07) is 9.38. The molecule has 1 aromatic carbocycles. The number of aromatic nitrogens is 1. The Kier molecular flexibility index (Phi) is 4.08. The van der Waals surface area contributed by atoms with Crippen LogP contribution in [0.1, 0.15) is 30.5 Å². The van der Waals surface area contributed by atoms with Gasteiger partial charge in [-0.2, -0.15) is 11.8 Å². The van der Waals surface area contributed by atoms with Crippen LogP contribution < -0.4 is 5.32 Å². The van der Waals surface area contributed by atoms with Gasteiger partial charge in [0, 0.05) is 41.5 Å². The third-order valence-corrected chi connectivity index (χ3v) is 5.96. The molecule has 1 aliphatic carbocycles. The Morgan fingerprint density at radius 3 is 2.85 bits per heavy atom. The number of thioether (sulfide) groups is 1. The molecule has 2 unspecified atom stereocenters. The molecular weight excluding hydrogens is 264 g/mol. The molecule has 1 heterocycles. The molecule has 1 fully saturated rings. The molecule has 0 spiro atoms. The van der Waals surface area contributed by atoms with E-state index in [9.17, 15) is 0 Å². The van der Waals surface area contributed by atoms with Crippen molar-refractivity contribution in [3.63, 3.8) is 0 Å². The highest BCUT2D eigenvalue weighted by molar-refractivity contribution is 7.99. The number of fused-ring (bicyclic) bond motifs is 1. The maximum Gasteiger partial charge on any atom is 0.0483 e. The molecule has 0 radical (unpaired) electrons. The molecule has 1 aliphatic rings. The van der Waals surface area contributed by atoms with Crippen LogP contribution in [0.3, 0.4) is 0 Å². The number of nitrogens with zero attached hydrogens (tertiary/aromatic N) is 1. The van der Waals surface area contributed by atoms with Gasteiger partial charge in [0.2, 0.25) is 0 Å². The predicted molar refractivity (Wildman–Crippen MR) is 89.4 cm³/mol. The van der Waals surface area contributed by atoms with E-state index in [1.807, 2.05) is 11.8 Å². The molecule has 2 nitrogen and oxygen atoms in total. The van der Waals surface area contributed by atoms with Crippen LogP contribution in [0.15, 0.2) is 24.3 Å². The first-order valence-electron chi connectivity index (χ1n) is 7.51. The first-order chi connectivity index (χ1) is 9.72. The minimum Gasteiger partial charge on any atom is -0.346 e. The summed E-state index contributed by atoms with van der Waals surface area (Å²) >= 11 is 2.02. The lowest BCUT2D eigenvalue weighted by atomic mass is 10.1. The van der Waals surface area contributed by atoms with Crippen molar-refractivity contribution < 1.29 is 0 Å². The van der Waals surface area contributed by atoms with E-state index in [-0.39, 0.29) is 0 Å². The normalized spacial score (nSPS) is 22.8. The van der Waals surface area contributed by atoms with Crippen LogP contribution in [0.5, 0.6) is 0 Å². The lowest BCUT2D eigenvalue weighted by Crippen LogP contribution is -2.34. The van der Waals surface area contributed by atoms with Gasteiger partial charge in [-0.1, -0.05) is 24.6 Å². The second-order valence-corrected chi connectivity index (χ2v) is 6.92. The number of para-hydroxylation sites is 1. The highest BCUT2D eigenvalue weighted by Gasteiger charge is 2.26. The average Bonchev–Trinajstić information content (AvgIpc) is 3.02. The van der Waals surface area contributed by atoms with Crippen molar-refractivity contribution in [1.82, 2.24) is 9.88 Å². The number of hydrogen-bond acceptors (Lipinski definition) is 2. The summed E-state index contributed by atoms with van der Waals surface area (Å²) in [5.41, 5.74) is 4.20. The van der Waals surface area contributed by atoms with Crippen LogP contribution in [0, 0.1) is 6.92 Å². The van der Waals surface area contributed by atoms with Gasteiger partial charge < -0.3 is 9.88 Å². The Morgan fingerprint density at radius 2 is 2.10 bits per heavy atom. The minimum absolute atomic E-state index is 0.683. The summed E-state index contributed by atoms with van der Waals surface area (Å²) in [4.78, 5) is 0. The second kappa shape index (κ2) is 5.82. The van der Waals surface area contributed by atoms with Gasteiger partial charge in [-0.25, -0.2) is 0 Å². The van der Waals surface area contributed by atoms with Gasteiger partial charge in [-0.15, -0.1) is 0 Å². The highest BCUT2D eigenvalue weighted by Crippen LogP contribution is 2.29. The molecule has 2 aromatic rings. The molecule has 0 amide bonds. The van der Waals surface area contributed by atoms with Crippen molar-refractivity contribution in [3.8, 4) is 0 Å². The SMILES string of the molecule is CSC1CCCC1NCc1c(C)c2ccccc2n1C. The summed E-state index contributed by atoms with van der Waals surface area (Å²) in [6.07, 6.45) is 6.31. The van der Waals surface area contributed by atoms with Crippen molar-refractivity contribution >= 4 is 22.7 Å². The summed E-state index contributed by atoms with van der Waals surface area (Å²) < 4.78 is 2.35. The third-order valence-electron chi connectivity index (χ3n) is 4.79. The van der Waals surface area contributed by atoms with E-state index in [1.165, 1.54) is 41.4 Å². The van der Waals surface area contributed by atoms with Crippen LogP contribution in [0.25, 0.3) is 10.9 Å². The Labute approximate surface area is 125 Å². The van der Waals surface area contributed by atoms with Crippen molar-refractivity contribution in [3.05, 3.63) is 35.5 Å². The molecule has 0 bridgehead atoms. The van der Waals surface area contributed by atoms with E-state index in [0.717, 1.165) is 11.8 Å². The Morgan fingerprint density at radius 1 is 1.30 bits per heavy atom. The largest absolute Gasteiger partial charge is 0.346 e. The lowest BCUT2D eigenvalue weighted by Gasteiger charge is -2.19. The van der Waals surface area contributed by atoms with E-state index in [4.69, 9.17) is 0 Å². The molecule has 0 aliphatic heterocycles. The number of nitrogens with one attached hydrogen (secondary N) is 1. The van der Waals surface area contributed by atoms with Crippen molar-refractivity contribution in [1.29, 1.82) is 0 Å². The van der Waals surface area contributed by atoms with Crippen LogP contribution in [0.4, 0.5) is 0 Å². The van der Waals surface area contributed by atoms with E-state index in [2.05, 4.69) is 54.4 Å². The lowest BCUT2D eigenvalue weighted by molar-refractivity contribution is 0.520. The fourth-order valence-corrected chi connectivity index (χ4v) is 4.52. The first kappa shape index (κ1) is 14.0. The molecule has 2 atom stereocenters. The maximum absolute atomic E-state index is 3.80. The maximum atomic E-state index is 3.80. The summed E-state index contributed by atoms with van der Waals surface area (Å²) in [6.45, 7) is 3.23. The monoisotopic (exact) mass is 288 g/mol. The summed E-state index contributed by atoms with van der Waals surface area (Å²) in [7, 11) is 2.19. The highest BCUT2D eigenvalue weighted by atomic mass is 32.2. The van der Waals surface area contributed by atoms with Crippen molar-refractivity contribution in [2.24, 2.45) is 7.05 Å². The zero-order chi connectivity index (χ0) is 14.1. The number of rotatable bonds is 4. The van der Waals surface area contributed by atoms with Gasteiger partial charge in [-0.3, -0.25) is 0 Å². The summed E-state index contributed by atoms with van der Waals surface area (Å²) in [5.74, 6) is 0. The Bertz CT molecular complexity index is 563. The molecule has 20 heavy (non-hydrogen) atoms. The van der Waals surface area contributed by atoms with Crippen molar-refractivity contribution in [2.45, 2.75) is 44.0 Å². The first-order valence-corrected chi connectivity index (χ1v) is 8.80. The number of hydrogen-bond donors (Lipinski definition) is 1. The molecule has 1 aromatic heterocycles. The van der Waals surface area contributed by atoms with Gasteiger partial charge in [0.1, 0.15) is 0 Å². The predicted octanol–water partition coefficient (Wildman–Crippen LogP) is 3.86. The Hall–Kier alpha value is -0.930. The van der Waals surface area contributed by atoms with Crippen LogP contribution in [0.2, 0.25) is 0 Å². The average molecular weight is 288 g/mol. The van der Waals surface area contributed by atoms with Gasteiger partial charge in [-0.05, 0) is 37.7 Å². The van der Waals surface area contributed by atoms with Gasteiger partial charge in [0.05, 0.1) is 0 Å². The van der Waals surface area contributed by atoms with E-state index in [1.54, 1.807) is 0 Å².